The molecule has 0 saturated carbocycles. The zero-order valence-electron chi connectivity index (χ0n) is 11.0. The topological polar surface area (TPSA) is 30.5 Å². The van der Waals surface area contributed by atoms with Gasteiger partial charge in [0.15, 0.2) is 0 Å². The lowest BCUT2D eigenvalue weighted by Crippen LogP contribution is -2.38. The molecule has 0 radical (unpaired) electrons. The molecule has 0 aromatic heterocycles. The van der Waals surface area contributed by atoms with Gasteiger partial charge in [-0.15, -0.1) is 0 Å². The zero-order chi connectivity index (χ0) is 11.8. The highest BCUT2D eigenvalue weighted by atomic mass is 16.5. The Labute approximate surface area is 99.9 Å². The maximum Gasteiger partial charge on any atom is 0.0623 e. The Bertz CT molecular complexity index is 167. The van der Waals surface area contributed by atoms with Gasteiger partial charge in [0.05, 0.1) is 13.2 Å². The molecule has 1 saturated heterocycles. The second-order valence-corrected chi connectivity index (χ2v) is 5.13. The number of likely N-dealkylation sites (N-methyl/N-ethyl adjacent to an activating group) is 1. The molecule has 0 aromatic carbocycles. The molecule has 0 bridgehead atoms. The summed E-state index contributed by atoms with van der Waals surface area (Å²) >= 11 is 0. The largest absolute Gasteiger partial charge is 0.381 e. The predicted octanol–water partition coefficient (Wildman–Crippen LogP) is 2.06. The molecule has 3 nitrogen and oxygen atoms in total. The summed E-state index contributed by atoms with van der Waals surface area (Å²) in [5.41, 5.74) is 0. The van der Waals surface area contributed by atoms with Crippen LogP contribution in [0, 0.1) is 11.8 Å². The van der Waals surface area contributed by atoms with E-state index in [1.54, 1.807) is 0 Å². The number of hydrogen-bond donors (Lipinski definition) is 1. The minimum absolute atomic E-state index is 0.460. The Balaban J connectivity index is 2.04. The summed E-state index contributed by atoms with van der Waals surface area (Å²) in [4.78, 5) is 0. The standard InChI is InChI=1S/C13H27NO2/c1-11(2)5-4-7-15-10-13(14-3)12-6-8-16-9-12/h11-14H,4-10H2,1-3H3. The van der Waals surface area contributed by atoms with Gasteiger partial charge < -0.3 is 14.8 Å². The Morgan fingerprint density at radius 3 is 2.81 bits per heavy atom. The third-order valence-electron chi connectivity index (χ3n) is 3.27. The van der Waals surface area contributed by atoms with E-state index in [0.29, 0.717) is 12.0 Å². The van der Waals surface area contributed by atoms with E-state index in [4.69, 9.17) is 9.47 Å². The van der Waals surface area contributed by atoms with Gasteiger partial charge in [-0.3, -0.25) is 0 Å². The summed E-state index contributed by atoms with van der Waals surface area (Å²) in [5.74, 6) is 1.42. The van der Waals surface area contributed by atoms with Crippen LogP contribution in [0.4, 0.5) is 0 Å². The van der Waals surface area contributed by atoms with Gasteiger partial charge >= 0.3 is 0 Å². The Morgan fingerprint density at radius 1 is 1.44 bits per heavy atom. The second kappa shape index (κ2) is 8.04. The predicted molar refractivity (Wildman–Crippen MR) is 66.7 cm³/mol. The third kappa shape index (κ3) is 5.28. The van der Waals surface area contributed by atoms with Crippen molar-refractivity contribution >= 4 is 0 Å². The van der Waals surface area contributed by atoms with Crippen LogP contribution in [-0.4, -0.2) is 39.5 Å². The molecule has 0 aromatic rings. The lowest BCUT2D eigenvalue weighted by molar-refractivity contribution is 0.0859. The summed E-state index contributed by atoms with van der Waals surface area (Å²) in [6.07, 6.45) is 3.60. The lowest BCUT2D eigenvalue weighted by atomic mass is 10.00. The highest BCUT2D eigenvalue weighted by molar-refractivity contribution is 4.77. The molecule has 1 N–H and O–H groups in total. The van der Waals surface area contributed by atoms with E-state index in [9.17, 15) is 0 Å². The molecule has 0 amide bonds. The number of nitrogens with one attached hydrogen (secondary N) is 1. The van der Waals surface area contributed by atoms with Gasteiger partial charge in [0.2, 0.25) is 0 Å². The average molecular weight is 229 g/mol. The molecule has 3 heteroatoms. The molecule has 2 atom stereocenters. The van der Waals surface area contributed by atoms with Crippen LogP contribution < -0.4 is 5.32 Å². The SMILES string of the molecule is CNC(COCCCC(C)C)C1CCOC1. The van der Waals surface area contributed by atoms with Crippen molar-refractivity contribution in [2.75, 3.05) is 33.5 Å². The monoisotopic (exact) mass is 229 g/mol. The minimum Gasteiger partial charge on any atom is -0.381 e. The Kier molecular flexibility index (Phi) is 7.01. The van der Waals surface area contributed by atoms with Crippen molar-refractivity contribution in [3.05, 3.63) is 0 Å². The van der Waals surface area contributed by atoms with Crippen molar-refractivity contribution in [1.82, 2.24) is 5.32 Å². The van der Waals surface area contributed by atoms with Gasteiger partial charge in [0.25, 0.3) is 0 Å². The van der Waals surface area contributed by atoms with Crippen molar-refractivity contribution in [1.29, 1.82) is 0 Å². The van der Waals surface area contributed by atoms with Crippen molar-refractivity contribution in [3.63, 3.8) is 0 Å². The van der Waals surface area contributed by atoms with Crippen molar-refractivity contribution in [3.8, 4) is 0 Å². The quantitative estimate of drug-likeness (QED) is 0.646. The fraction of sp³-hybridized carbons (Fsp3) is 1.00. The maximum atomic E-state index is 5.73. The van der Waals surface area contributed by atoms with E-state index in [1.807, 2.05) is 7.05 Å². The number of ether oxygens (including phenoxy) is 2. The molecule has 1 aliphatic rings. The molecular formula is C13H27NO2. The van der Waals surface area contributed by atoms with E-state index in [1.165, 1.54) is 19.3 Å². The summed E-state index contributed by atoms with van der Waals surface area (Å²) in [7, 11) is 2.01. The van der Waals surface area contributed by atoms with Crippen LogP contribution in [0.2, 0.25) is 0 Å². The lowest BCUT2D eigenvalue weighted by Gasteiger charge is -2.21. The molecule has 1 heterocycles. The molecule has 96 valence electrons. The van der Waals surface area contributed by atoms with Crippen LogP contribution in [0.25, 0.3) is 0 Å². The van der Waals surface area contributed by atoms with Crippen molar-refractivity contribution in [2.24, 2.45) is 11.8 Å². The first-order valence-corrected chi connectivity index (χ1v) is 6.56. The Morgan fingerprint density at radius 2 is 2.25 bits per heavy atom. The normalized spacial score (nSPS) is 22.9. The molecule has 1 rings (SSSR count). The van der Waals surface area contributed by atoms with Gasteiger partial charge in [-0.05, 0) is 32.2 Å². The van der Waals surface area contributed by atoms with E-state index >= 15 is 0 Å². The summed E-state index contributed by atoms with van der Waals surface area (Å²) in [5, 5.41) is 3.34. The van der Waals surface area contributed by atoms with E-state index in [0.717, 1.165) is 32.3 Å². The summed E-state index contributed by atoms with van der Waals surface area (Å²) in [6.45, 7) is 8.03. The summed E-state index contributed by atoms with van der Waals surface area (Å²) < 4.78 is 11.1. The summed E-state index contributed by atoms with van der Waals surface area (Å²) in [6, 6.07) is 0.460. The fourth-order valence-corrected chi connectivity index (χ4v) is 2.13. The first kappa shape index (κ1) is 13.9. The first-order valence-electron chi connectivity index (χ1n) is 6.56. The molecular weight excluding hydrogens is 202 g/mol. The minimum atomic E-state index is 0.460. The van der Waals surface area contributed by atoms with E-state index in [2.05, 4.69) is 19.2 Å². The average Bonchev–Trinajstić information content (AvgIpc) is 2.76. The van der Waals surface area contributed by atoms with E-state index < -0.39 is 0 Å². The smallest absolute Gasteiger partial charge is 0.0623 e. The van der Waals surface area contributed by atoms with Crippen LogP contribution in [0.15, 0.2) is 0 Å². The van der Waals surface area contributed by atoms with Crippen LogP contribution in [-0.2, 0) is 9.47 Å². The van der Waals surface area contributed by atoms with Crippen LogP contribution >= 0.6 is 0 Å². The third-order valence-corrected chi connectivity index (χ3v) is 3.27. The van der Waals surface area contributed by atoms with Crippen molar-refractivity contribution < 1.29 is 9.47 Å². The van der Waals surface area contributed by atoms with Gasteiger partial charge in [-0.25, -0.2) is 0 Å². The van der Waals surface area contributed by atoms with Crippen LogP contribution in [0.5, 0.6) is 0 Å². The molecule has 0 spiro atoms. The molecule has 0 aliphatic carbocycles. The Hall–Kier alpha value is -0.120. The van der Waals surface area contributed by atoms with Gasteiger partial charge in [-0.2, -0.15) is 0 Å². The molecule has 1 fully saturated rings. The first-order chi connectivity index (χ1) is 7.74. The maximum absolute atomic E-state index is 5.73. The van der Waals surface area contributed by atoms with Crippen LogP contribution in [0.1, 0.15) is 33.1 Å². The molecule has 2 unspecified atom stereocenters. The van der Waals surface area contributed by atoms with Gasteiger partial charge in [-0.1, -0.05) is 13.8 Å². The number of rotatable bonds is 8. The zero-order valence-corrected chi connectivity index (χ0v) is 11.0. The molecule has 1 aliphatic heterocycles. The fourth-order valence-electron chi connectivity index (χ4n) is 2.13. The number of hydrogen-bond acceptors (Lipinski definition) is 3. The van der Waals surface area contributed by atoms with Gasteiger partial charge in [0, 0.05) is 25.2 Å². The highest BCUT2D eigenvalue weighted by Gasteiger charge is 2.24. The van der Waals surface area contributed by atoms with Crippen molar-refractivity contribution in [2.45, 2.75) is 39.2 Å². The second-order valence-electron chi connectivity index (χ2n) is 5.13. The highest BCUT2D eigenvalue weighted by Crippen LogP contribution is 2.16. The van der Waals surface area contributed by atoms with Gasteiger partial charge in [0.1, 0.15) is 0 Å². The van der Waals surface area contributed by atoms with E-state index in [-0.39, 0.29) is 0 Å². The van der Waals surface area contributed by atoms with Crippen LogP contribution in [0.3, 0.4) is 0 Å². The molecule has 16 heavy (non-hydrogen) atoms.